The molecule has 0 aliphatic carbocycles. The Morgan fingerprint density at radius 1 is 0.964 bits per heavy atom. The van der Waals surface area contributed by atoms with Crippen molar-refractivity contribution in [1.82, 2.24) is 10.3 Å². The number of rotatable bonds is 6. The van der Waals surface area contributed by atoms with Crippen LogP contribution in [0.4, 0.5) is 5.69 Å². The van der Waals surface area contributed by atoms with E-state index in [-0.39, 0.29) is 16.4 Å². The molecule has 0 atom stereocenters. The topological polar surface area (TPSA) is 88.2 Å². The standard InChI is InChI=1S/C21H21N3O3S/c1-15-5-3-6-16(2)20(15)24-28(26,27)19-8-4-7-18(13-19)21(25)23-14-17-9-11-22-12-10-17/h3-13,24H,14H2,1-2H3,(H,23,25). The Morgan fingerprint density at radius 2 is 1.61 bits per heavy atom. The molecule has 0 fully saturated rings. The quantitative estimate of drug-likeness (QED) is 0.669. The average molecular weight is 395 g/mol. The molecule has 7 heteroatoms. The molecule has 1 amide bonds. The van der Waals surface area contributed by atoms with Crippen LogP contribution >= 0.6 is 0 Å². The van der Waals surface area contributed by atoms with Gasteiger partial charge in [-0.1, -0.05) is 24.3 Å². The molecule has 1 aromatic heterocycles. The summed E-state index contributed by atoms with van der Waals surface area (Å²) >= 11 is 0. The van der Waals surface area contributed by atoms with Gasteiger partial charge in [0.2, 0.25) is 0 Å². The summed E-state index contributed by atoms with van der Waals surface area (Å²) in [5.41, 5.74) is 3.39. The van der Waals surface area contributed by atoms with Crippen molar-refractivity contribution in [3.8, 4) is 0 Å². The zero-order valence-corrected chi connectivity index (χ0v) is 16.5. The van der Waals surface area contributed by atoms with E-state index in [4.69, 9.17) is 0 Å². The van der Waals surface area contributed by atoms with Gasteiger partial charge < -0.3 is 5.32 Å². The van der Waals surface area contributed by atoms with E-state index >= 15 is 0 Å². The van der Waals surface area contributed by atoms with Gasteiger partial charge in [-0.15, -0.1) is 0 Å². The summed E-state index contributed by atoms with van der Waals surface area (Å²) in [4.78, 5) is 16.4. The molecule has 0 saturated heterocycles. The SMILES string of the molecule is Cc1cccc(C)c1NS(=O)(=O)c1cccc(C(=O)NCc2ccncc2)c1. The molecule has 0 radical (unpaired) electrons. The van der Waals surface area contributed by atoms with Gasteiger partial charge in [0.25, 0.3) is 15.9 Å². The Labute approximate surface area is 164 Å². The lowest BCUT2D eigenvalue weighted by molar-refractivity contribution is 0.0950. The van der Waals surface area contributed by atoms with Crippen molar-refractivity contribution >= 4 is 21.6 Å². The van der Waals surface area contributed by atoms with Gasteiger partial charge in [0.15, 0.2) is 0 Å². The Morgan fingerprint density at radius 3 is 2.29 bits per heavy atom. The lowest BCUT2D eigenvalue weighted by atomic mass is 10.1. The van der Waals surface area contributed by atoms with E-state index in [1.54, 1.807) is 36.7 Å². The number of sulfonamides is 1. The Bertz CT molecular complexity index is 1080. The minimum Gasteiger partial charge on any atom is -0.348 e. The molecule has 0 spiro atoms. The summed E-state index contributed by atoms with van der Waals surface area (Å²) in [6.07, 6.45) is 3.29. The van der Waals surface area contributed by atoms with Gasteiger partial charge in [-0.3, -0.25) is 14.5 Å². The number of nitrogens with zero attached hydrogens (tertiary/aromatic N) is 1. The van der Waals surface area contributed by atoms with Crippen LogP contribution in [0.1, 0.15) is 27.0 Å². The van der Waals surface area contributed by atoms with Crippen LogP contribution in [0.5, 0.6) is 0 Å². The van der Waals surface area contributed by atoms with Gasteiger partial charge in [-0.05, 0) is 60.9 Å². The van der Waals surface area contributed by atoms with E-state index < -0.39 is 10.0 Å². The second kappa shape index (κ2) is 8.22. The molecule has 0 aliphatic heterocycles. The number of aryl methyl sites for hydroxylation is 2. The zero-order valence-electron chi connectivity index (χ0n) is 15.6. The monoisotopic (exact) mass is 395 g/mol. The molecule has 0 bridgehead atoms. The Balaban J connectivity index is 1.79. The van der Waals surface area contributed by atoms with Gasteiger partial charge >= 0.3 is 0 Å². The first-order valence-corrected chi connectivity index (χ1v) is 10.2. The minimum atomic E-state index is -3.82. The van der Waals surface area contributed by atoms with Gasteiger partial charge in [0.05, 0.1) is 10.6 Å². The first kappa shape index (κ1) is 19.6. The van der Waals surface area contributed by atoms with Crippen molar-refractivity contribution < 1.29 is 13.2 Å². The molecule has 144 valence electrons. The van der Waals surface area contributed by atoms with E-state index in [0.717, 1.165) is 16.7 Å². The van der Waals surface area contributed by atoms with Crippen LogP contribution < -0.4 is 10.0 Å². The summed E-state index contributed by atoms with van der Waals surface area (Å²) in [5, 5.41) is 2.78. The van der Waals surface area contributed by atoms with Crippen molar-refractivity contribution in [3.63, 3.8) is 0 Å². The highest BCUT2D eigenvalue weighted by atomic mass is 32.2. The third-order valence-electron chi connectivity index (χ3n) is 4.33. The minimum absolute atomic E-state index is 0.0340. The predicted octanol–water partition coefficient (Wildman–Crippen LogP) is 3.43. The van der Waals surface area contributed by atoms with E-state index in [1.165, 1.54) is 12.1 Å². The third-order valence-corrected chi connectivity index (χ3v) is 5.67. The fraction of sp³-hybridized carbons (Fsp3) is 0.143. The second-order valence-corrected chi connectivity index (χ2v) is 8.12. The number of carbonyl (C=O) groups is 1. The van der Waals surface area contributed by atoms with E-state index in [0.29, 0.717) is 12.2 Å². The maximum atomic E-state index is 12.8. The summed E-state index contributed by atoms with van der Waals surface area (Å²) in [7, 11) is -3.82. The predicted molar refractivity (Wildman–Crippen MR) is 109 cm³/mol. The van der Waals surface area contributed by atoms with Crippen molar-refractivity contribution in [3.05, 3.63) is 89.2 Å². The number of hydrogen-bond acceptors (Lipinski definition) is 4. The highest BCUT2D eigenvalue weighted by Gasteiger charge is 2.18. The summed E-state index contributed by atoms with van der Waals surface area (Å²) in [6, 6.07) is 15.1. The molecule has 0 aliphatic rings. The summed E-state index contributed by atoms with van der Waals surface area (Å²) < 4.78 is 28.2. The molecule has 3 aromatic rings. The number of nitrogens with one attached hydrogen (secondary N) is 2. The normalized spacial score (nSPS) is 11.1. The van der Waals surface area contributed by atoms with Crippen LogP contribution in [0, 0.1) is 13.8 Å². The fourth-order valence-corrected chi connectivity index (χ4v) is 4.01. The maximum Gasteiger partial charge on any atom is 0.261 e. The fourth-order valence-electron chi connectivity index (χ4n) is 2.76. The summed E-state index contributed by atoms with van der Waals surface area (Å²) in [6.45, 7) is 4.01. The van der Waals surface area contributed by atoms with Crippen LogP contribution in [0.25, 0.3) is 0 Å². The first-order chi connectivity index (χ1) is 13.4. The lowest BCUT2D eigenvalue weighted by Gasteiger charge is -2.14. The molecule has 28 heavy (non-hydrogen) atoms. The van der Waals surface area contributed by atoms with Crippen molar-refractivity contribution in [1.29, 1.82) is 0 Å². The second-order valence-electron chi connectivity index (χ2n) is 6.44. The number of amides is 1. The van der Waals surface area contributed by atoms with Crippen LogP contribution in [0.3, 0.4) is 0 Å². The zero-order chi connectivity index (χ0) is 20.1. The van der Waals surface area contributed by atoms with Crippen molar-refractivity contribution in [2.24, 2.45) is 0 Å². The largest absolute Gasteiger partial charge is 0.348 e. The van der Waals surface area contributed by atoms with Gasteiger partial charge in [-0.25, -0.2) is 8.42 Å². The molecule has 0 unspecified atom stereocenters. The molecule has 1 heterocycles. The van der Waals surface area contributed by atoms with E-state index in [2.05, 4.69) is 15.0 Å². The molecule has 3 rings (SSSR count). The smallest absolute Gasteiger partial charge is 0.261 e. The van der Waals surface area contributed by atoms with Gasteiger partial charge in [0.1, 0.15) is 0 Å². The third kappa shape index (κ3) is 4.55. The molecule has 6 nitrogen and oxygen atoms in total. The van der Waals surface area contributed by atoms with Crippen molar-refractivity contribution in [2.75, 3.05) is 4.72 Å². The lowest BCUT2D eigenvalue weighted by Crippen LogP contribution is -2.23. The number of para-hydroxylation sites is 1. The number of carbonyl (C=O) groups excluding carboxylic acids is 1. The maximum absolute atomic E-state index is 12.8. The van der Waals surface area contributed by atoms with Gasteiger partial charge in [0, 0.05) is 24.5 Å². The molecular weight excluding hydrogens is 374 g/mol. The first-order valence-electron chi connectivity index (χ1n) is 8.73. The van der Waals surface area contributed by atoms with Crippen LogP contribution in [-0.4, -0.2) is 19.3 Å². The van der Waals surface area contributed by atoms with Crippen molar-refractivity contribution in [2.45, 2.75) is 25.3 Å². The van der Waals surface area contributed by atoms with Gasteiger partial charge in [-0.2, -0.15) is 0 Å². The van der Waals surface area contributed by atoms with Crippen LogP contribution in [0.15, 0.2) is 71.9 Å². The molecule has 0 saturated carbocycles. The van der Waals surface area contributed by atoms with Crippen LogP contribution in [0.2, 0.25) is 0 Å². The number of pyridine rings is 1. The summed E-state index contributed by atoms with van der Waals surface area (Å²) in [5.74, 6) is -0.346. The average Bonchev–Trinajstić information content (AvgIpc) is 2.70. The molecule has 2 N–H and O–H groups in total. The molecular formula is C21H21N3O3S. The highest BCUT2D eigenvalue weighted by molar-refractivity contribution is 7.92. The Kier molecular flexibility index (Phi) is 5.75. The number of anilines is 1. The van der Waals surface area contributed by atoms with Crippen LogP contribution in [-0.2, 0) is 16.6 Å². The highest BCUT2D eigenvalue weighted by Crippen LogP contribution is 2.23. The Hall–Kier alpha value is -3.19. The van der Waals surface area contributed by atoms with E-state index in [1.807, 2.05) is 32.0 Å². The number of aromatic nitrogens is 1. The van der Waals surface area contributed by atoms with E-state index in [9.17, 15) is 13.2 Å². The molecule has 2 aromatic carbocycles. The number of benzene rings is 2. The number of hydrogen-bond donors (Lipinski definition) is 2.